The van der Waals surface area contributed by atoms with E-state index < -0.39 is 0 Å². The van der Waals surface area contributed by atoms with Crippen LogP contribution in [0, 0.1) is 0 Å². The molecule has 1 aromatic heterocycles. The van der Waals surface area contributed by atoms with Crippen molar-refractivity contribution < 1.29 is 4.42 Å². The fourth-order valence-electron chi connectivity index (χ4n) is 1.08. The average Bonchev–Trinajstić information content (AvgIpc) is 2.71. The van der Waals surface area contributed by atoms with Gasteiger partial charge in [0.1, 0.15) is 5.88 Å². The van der Waals surface area contributed by atoms with Gasteiger partial charge in [0.25, 0.3) is 0 Å². The molecule has 0 unspecified atom stereocenters. The third-order valence-electron chi connectivity index (χ3n) is 1.78. The van der Waals surface area contributed by atoms with Gasteiger partial charge >= 0.3 is 6.01 Å². The topological polar surface area (TPSA) is 51.0 Å². The molecule has 0 fully saturated rings. The standard InChI is InChI=1S/C9H6Cl3N3O/c10-4-7-14-15-9(16-7)13-8-5(11)2-1-3-6(8)12/h1-3H,4H2,(H,13,15). The number of hydrogen-bond donors (Lipinski definition) is 1. The number of anilines is 2. The number of nitrogens with zero attached hydrogens (tertiary/aromatic N) is 2. The monoisotopic (exact) mass is 277 g/mol. The molecule has 0 aliphatic carbocycles. The second kappa shape index (κ2) is 4.91. The number of aromatic nitrogens is 2. The van der Waals surface area contributed by atoms with Crippen molar-refractivity contribution in [1.29, 1.82) is 0 Å². The molecule has 0 saturated heterocycles. The van der Waals surface area contributed by atoms with Crippen molar-refractivity contribution in [3.63, 3.8) is 0 Å². The maximum absolute atomic E-state index is 5.96. The van der Waals surface area contributed by atoms with Crippen LogP contribution in [-0.4, -0.2) is 10.2 Å². The molecule has 0 bridgehead atoms. The van der Waals surface area contributed by atoms with Crippen molar-refractivity contribution in [3.8, 4) is 0 Å². The Hall–Kier alpha value is -0.970. The van der Waals surface area contributed by atoms with Gasteiger partial charge in [-0.25, -0.2) is 0 Å². The van der Waals surface area contributed by atoms with E-state index in [1.165, 1.54) is 0 Å². The summed E-state index contributed by atoms with van der Waals surface area (Å²) in [5.41, 5.74) is 0.524. The first-order valence-electron chi connectivity index (χ1n) is 4.30. The van der Waals surface area contributed by atoms with Gasteiger partial charge in [0.2, 0.25) is 5.89 Å². The van der Waals surface area contributed by atoms with E-state index in [4.69, 9.17) is 39.2 Å². The van der Waals surface area contributed by atoms with Crippen molar-refractivity contribution in [3.05, 3.63) is 34.1 Å². The SMILES string of the molecule is ClCc1nnc(Nc2c(Cl)cccc2Cl)o1. The third kappa shape index (κ3) is 2.40. The van der Waals surface area contributed by atoms with Gasteiger partial charge in [-0.1, -0.05) is 34.4 Å². The molecular weight excluding hydrogens is 272 g/mol. The molecule has 2 rings (SSSR count). The van der Waals surface area contributed by atoms with Crippen LogP contribution in [0.3, 0.4) is 0 Å². The van der Waals surface area contributed by atoms with Crippen LogP contribution in [0.2, 0.25) is 10.0 Å². The van der Waals surface area contributed by atoms with Crippen molar-refractivity contribution in [2.75, 3.05) is 5.32 Å². The molecule has 7 heteroatoms. The number of halogens is 3. The Labute approximate surface area is 107 Å². The molecule has 2 aromatic rings. The van der Waals surface area contributed by atoms with Crippen LogP contribution in [0.4, 0.5) is 11.7 Å². The van der Waals surface area contributed by atoms with Gasteiger partial charge in [-0.05, 0) is 12.1 Å². The predicted molar refractivity (Wildman–Crippen MR) is 63.6 cm³/mol. The summed E-state index contributed by atoms with van der Waals surface area (Å²) in [6, 6.07) is 5.35. The van der Waals surface area contributed by atoms with E-state index in [9.17, 15) is 0 Å². The molecule has 1 aromatic carbocycles. The summed E-state index contributed by atoms with van der Waals surface area (Å²) in [4.78, 5) is 0. The van der Waals surface area contributed by atoms with Crippen LogP contribution in [0.25, 0.3) is 0 Å². The highest BCUT2D eigenvalue weighted by atomic mass is 35.5. The van der Waals surface area contributed by atoms with Crippen molar-refractivity contribution in [2.24, 2.45) is 0 Å². The molecular formula is C9H6Cl3N3O. The molecule has 1 N–H and O–H groups in total. The molecule has 0 amide bonds. The van der Waals surface area contributed by atoms with Gasteiger partial charge in [-0.2, -0.15) is 0 Å². The molecule has 4 nitrogen and oxygen atoms in total. The lowest BCUT2D eigenvalue weighted by molar-refractivity contribution is 0.530. The number of hydrogen-bond acceptors (Lipinski definition) is 4. The van der Waals surface area contributed by atoms with Crippen LogP contribution in [0.5, 0.6) is 0 Å². The third-order valence-corrected chi connectivity index (χ3v) is 2.63. The summed E-state index contributed by atoms with van der Waals surface area (Å²) < 4.78 is 5.16. The second-order valence-corrected chi connectivity index (χ2v) is 3.94. The summed E-state index contributed by atoms with van der Waals surface area (Å²) in [5, 5.41) is 11.2. The van der Waals surface area contributed by atoms with Gasteiger partial charge in [0.05, 0.1) is 15.7 Å². The van der Waals surface area contributed by atoms with Crippen LogP contribution in [-0.2, 0) is 5.88 Å². The first-order chi connectivity index (χ1) is 7.70. The number of alkyl halides is 1. The molecule has 1 heterocycles. The summed E-state index contributed by atoms with van der Waals surface area (Å²) in [6.07, 6.45) is 0. The van der Waals surface area contributed by atoms with E-state index in [0.29, 0.717) is 21.6 Å². The number of rotatable bonds is 3. The molecule has 0 aliphatic rings. The minimum atomic E-state index is 0.158. The van der Waals surface area contributed by atoms with Crippen LogP contribution >= 0.6 is 34.8 Å². The summed E-state index contributed by atoms with van der Waals surface area (Å²) in [7, 11) is 0. The van der Waals surface area contributed by atoms with E-state index in [2.05, 4.69) is 15.5 Å². The molecule has 0 atom stereocenters. The maximum atomic E-state index is 5.96. The van der Waals surface area contributed by atoms with Crippen molar-refractivity contribution in [2.45, 2.75) is 5.88 Å². The normalized spacial score (nSPS) is 10.4. The first-order valence-corrected chi connectivity index (χ1v) is 5.59. The maximum Gasteiger partial charge on any atom is 0.320 e. The van der Waals surface area contributed by atoms with E-state index in [1.807, 2.05) is 0 Å². The van der Waals surface area contributed by atoms with E-state index in [0.717, 1.165) is 0 Å². The summed E-state index contributed by atoms with van der Waals surface area (Å²) in [5.74, 6) is 0.484. The van der Waals surface area contributed by atoms with E-state index in [-0.39, 0.29) is 11.9 Å². The lowest BCUT2D eigenvalue weighted by Crippen LogP contribution is -1.92. The molecule has 0 spiro atoms. The Kier molecular flexibility index (Phi) is 3.53. The van der Waals surface area contributed by atoms with Crippen molar-refractivity contribution >= 4 is 46.5 Å². The Morgan fingerprint density at radius 2 is 1.88 bits per heavy atom. The highest BCUT2D eigenvalue weighted by Crippen LogP contribution is 2.32. The Bertz CT molecular complexity index is 480. The summed E-state index contributed by atoms with van der Waals surface area (Å²) in [6.45, 7) is 0. The molecule has 16 heavy (non-hydrogen) atoms. The van der Waals surface area contributed by atoms with Crippen LogP contribution in [0.15, 0.2) is 22.6 Å². The largest absolute Gasteiger partial charge is 0.407 e. The molecule has 84 valence electrons. The minimum absolute atomic E-state index is 0.158. The summed E-state index contributed by atoms with van der Waals surface area (Å²) >= 11 is 17.4. The van der Waals surface area contributed by atoms with Crippen molar-refractivity contribution in [1.82, 2.24) is 10.2 Å². The van der Waals surface area contributed by atoms with Crippen LogP contribution in [0.1, 0.15) is 5.89 Å². The van der Waals surface area contributed by atoms with Gasteiger partial charge in [-0.3, -0.25) is 0 Å². The lowest BCUT2D eigenvalue weighted by atomic mass is 10.3. The highest BCUT2D eigenvalue weighted by molar-refractivity contribution is 6.39. The quantitative estimate of drug-likeness (QED) is 0.866. The zero-order chi connectivity index (χ0) is 11.5. The zero-order valence-corrected chi connectivity index (χ0v) is 10.1. The van der Waals surface area contributed by atoms with Gasteiger partial charge in [0.15, 0.2) is 0 Å². The Morgan fingerprint density at radius 3 is 2.44 bits per heavy atom. The average molecular weight is 279 g/mol. The highest BCUT2D eigenvalue weighted by Gasteiger charge is 2.10. The van der Waals surface area contributed by atoms with Gasteiger partial charge in [-0.15, -0.1) is 16.7 Å². The smallest absolute Gasteiger partial charge is 0.320 e. The Balaban J connectivity index is 2.26. The first kappa shape index (κ1) is 11.5. The Morgan fingerprint density at radius 1 is 1.19 bits per heavy atom. The van der Waals surface area contributed by atoms with Gasteiger partial charge < -0.3 is 9.73 Å². The number of nitrogens with one attached hydrogen (secondary N) is 1. The molecule has 0 aliphatic heterocycles. The van der Waals surface area contributed by atoms with E-state index in [1.54, 1.807) is 18.2 Å². The van der Waals surface area contributed by atoms with Crippen LogP contribution < -0.4 is 5.32 Å². The van der Waals surface area contributed by atoms with E-state index >= 15 is 0 Å². The fourth-order valence-corrected chi connectivity index (χ4v) is 1.68. The predicted octanol–water partition coefficient (Wildman–Crippen LogP) is 3.86. The minimum Gasteiger partial charge on any atom is -0.407 e. The molecule has 0 radical (unpaired) electrons. The molecule has 0 saturated carbocycles. The second-order valence-electron chi connectivity index (χ2n) is 2.86. The zero-order valence-electron chi connectivity index (χ0n) is 7.88. The fraction of sp³-hybridized carbons (Fsp3) is 0.111. The number of para-hydroxylation sites is 1. The lowest BCUT2D eigenvalue weighted by Gasteiger charge is -2.05. The van der Waals surface area contributed by atoms with Gasteiger partial charge in [0, 0.05) is 0 Å². The number of benzene rings is 1.